The largest absolute Gasteiger partial charge is 0.444 e. The van der Waals surface area contributed by atoms with Crippen molar-refractivity contribution in [3.8, 4) is 0 Å². The van der Waals surface area contributed by atoms with Crippen LogP contribution in [0.15, 0.2) is 18.2 Å². The summed E-state index contributed by atoms with van der Waals surface area (Å²) in [6.45, 7) is 6.34. The summed E-state index contributed by atoms with van der Waals surface area (Å²) in [5, 5.41) is 22.6. The van der Waals surface area contributed by atoms with Crippen LogP contribution in [-0.4, -0.2) is 34.6 Å². The first-order valence-electron chi connectivity index (χ1n) is 7.82. The fourth-order valence-corrected chi connectivity index (χ4v) is 2.28. The van der Waals surface area contributed by atoms with Gasteiger partial charge in [0, 0.05) is 6.54 Å². The molecule has 0 fully saturated rings. The van der Waals surface area contributed by atoms with Gasteiger partial charge in [-0.15, -0.1) is 0 Å². The van der Waals surface area contributed by atoms with Crippen LogP contribution in [0.4, 0.5) is 18.0 Å². The minimum absolute atomic E-state index is 0.000377. The second-order valence-electron chi connectivity index (χ2n) is 6.75. The van der Waals surface area contributed by atoms with Gasteiger partial charge in [0.1, 0.15) is 11.7 Å². The van der Waals surface area contributed by atoms with E-state index in [0.717, 1.165) is 6.07 Å². The molecule has 25 heavy (non-hydrogen) atoms. The normalized spacial score (nSPS) is 14.8. The van der Waals surface area contributed by atoms with Gasteiger partial charge in [-0.25, -0.2) is 4.79 Å². The molecule has 0 aliphatic carbocycles. The number of rotatable bonds is 5. The molecular formula is C17H24F3NO4. The molecule has 0 saturated heterocycles. The van der Waals surface area contributed by atoms with Crippen LogP contribution in [0.25, 0.3) is 0 Å². The summed E-state index contributed by atoms with van der Waals surface area (Å²) in [6.07, 6.45) is -8.09. The van der Waals surface area contributed by atoms with Gasteiger partial charge in [0.15, 0.2) is 0 Å². The Morgan fingerprint density at radius 2 is 1.84 bits per heavy atom. The minimum Gasteiger partial charge on any atom is -0.444 e. The number of aliphatic hydroxyl groups is 2. The van der Waals surface area contributed by atoms with Crippen molar-refractivity contribution in [1.29, 1.82) is 0 Å². The van der Waals surface area contributed by atoms with Gasteiger partial charge in [-0.3, -0.25) is 0 Å². The van der Waals surface area contributed by atoms with Gasteiger partial charge >= 0.3 is 12.3 Å². The molecule has 3 N–H and O–H groups in total. The van der Waals surface area contributed by atoms with Gasteiger partial charge < -0.3 is 20.3 Å². The van der Waals surface area contributed by atoms with Crippen LogP contribution in [0.2, 0.25) is 0 Å². The number of benzene rings is 1. The lowest BCUT2D eigenvalue weighted by atomic mass is 9.94. The van der Waals surface area contributed by atoms with Crippen molar-refractivity contribution in [2.45, 2.75) is 58.1 Å². The molecule has 0 aromatic heterocycles. The van der Waals surface area contributed by atoms with Gasteiger partial charge in [-0.2, -0.15) is 13.2 Å². The molecule has 0 heterocycles. The van der Waals surface area contributed by atoms with Crippen molar-refractivity contribution >= 4 is 6.09 Å². The monoisotopic (exact) mass is 363 g/mol. The number of hydrogen-bond acceptors (Lipinski definition) is 4. The Kier molecular flexibility index (Phi) is 6.84. The quantitative estimate of drug-likeness (QED) is 0.750. The van der Waals surface area contributed by atoms with Gasteiger partial charge in [0.25, 0.3) is 0 Å². The molecule has 0 bridgehead atoms. The summed E-state index contributed by atoms with van der Waals surface area (Å²) in [5.74, 6) is 0. The Balaban J connectivity index is 2.69. The maximum atomic E-state index is 12.9. The number of alkyl halides is 3. The SMILES string of the molecule is Cc1c(C(O)C(O)CCNC(=O)OC(C)(C)C)cccc1C(F)(F)F. The van der Waals surface area contributed by atoms with E-state index in [0.29, 0.717) is 0 Å². The third-order valence-electron chi connectivity index (χ3n) is 3.47. The molecule has 1 rings (SSSR count). The van der Waals surface area contributed by atoms with Crippen LogP contribution in [0.5, 0.6) is 0 Å². The molecule has 0 aliphatic rings. The smallest absolute Gasteiger partial charge is 0.416 e. The van der Waals surface area contributed by atoms with Gasteiger partial charge in [0.2, 0.25) is 0 Å². The van der Waals surface area contributed by atoms with Crippen molar-refractivity contribution < 1.29 is 32.9 Å². The van der Waals surface area contributed by atoms with E-state index in [-0.39, 0.29) is 24.1 Å². The van der Waals surface area contributed by atoms with Crippen molar-refractivity contribution in [2.75, 3.05) is 6.54 Å². The molecule has 0 radical (unpaired) electrons. The van der Waals surface area contributed by atoms with Gasteiger partial charge in [-0.05, 0) is 51.3 Å². The van der Waals surface area contributed by atoms with Crippen LogP contribution in [0.1, 0.15) is 50.0 Å². The van der Waals surface area contributed by atoms with E-state index in [1.165, 1.54) is 19.1 Å². The first-order valence-corrected chi connectivity index (χ1v) is 7.82. The highest BCUT2D eigenvalue weighted by Crippen LogP contribution is 2.35. The third kappa shape index (κ3) is 6.55. The molecule has 2 atom stereocenters. The lowest BCUT2D eigenvalue weighted by molar-refractivity contribution is -0.138. The van der Waals surface area contributed by atoms with Crippen LogP contribution < -0.4 is 5.32 Å². The summed E-state index contributed by atoms with van der Waals surface area (Å²) in [4.78, 5) is 11.5. The summed E-state index contributed by atoms with van der Waals surface area (Å²) in [5.41, 5.74) is -1.67. The zero-order valence-electron chi connectivity index (χ0n) is 14.6. The highest BCUT2D eigenvalue weighted by molar-refractivity contribution is 5.67. The Morgan fingerprint density at radius 1 is 1.24 bits per heavy atom. The van der Waals surface area contributed by atoms with Crippen LogP contribution in [0, 0.1) is 6.92 Å². The van der Waals surface area contributed by atoms with E-state index in [2.05, 4.69) is 5.32 Å². The number of nitrogens with one attached hydrogen (secondary N) is 1. The third-order valence-corrected chi connectivity index (χ3v) is 3.47. The molecule has 142 valence electrons. The van der Waals surface area contributed by atoms with E-state index in [9.17, 15) is 28.2 Å². The van der Waals surface area contributed by atoms with Crippen molar-refractivity contribution in [1.82, 2.24) is 5.32 Å². The van der Waals surface area contributed by atoms with E-state index in [1.54, 1.807) is 20.8 Å². The van der Waals surface area contributed by atoms with Crippen molar-refractivity contribution in [2.24, 2.45) is 0 Å². The molecule has 2 unspecified atom stereocenters. The number of hydrogen-bond donors (Lipinski definition) is 3. The number of alkyl carbamates (subject to hydrolysis) is 1. The van der Waals surface area contributed by atoms with Gasteiger partial charge in [0.05, 0.1) is 11.7 Å². The first-order chi connectivity index (χ1) is 11.3. The number of halogens is 3. The summed E-state index contributed by atoms with van der Waals surface area (Å²) in [7, 11) is 0. The van der Waals surface area contributed by atoms with E-state index >= 15 is 0 Å². The molecule has 1 amide bonds. The number of carbonyl (C=O) groups is 1. The maximum Gasteiger partial charge on any atom is 0.416 e. The Bertz CT molecular complexity index is 597. The van der Waals surface area contributed by atoms with Crippen LogP contribution in [0.3, 0.4) is 0 Å². The number of carbonyl (C=O) groups excluding carboxylic acids is 1. The molecule has 1 aromatic rings. The first kappa shape index (κ1) is 21.2. The lowest BCUT2D eigenvalue weighted by Gasteiger charge is -2.23. The van der Waals surface area contributed by atoms with Crippen LogP contribution >= 0.6 is 0 Å². The molecular weight excluding hydrogens is 339 g/mol. The number of amides is 1. The fraction of sp³-hybridized carbons (Fsp3) is 0.588. The summed E-state index contributed by atoms with van der Waals surface area (Å²) < 4.78 is 43.8. The molecule has 0 aliphatic heterocycles. The Morgan fingerprint density at radius 3 is 2.36 bits per heavy atom. The average Bonchev–Trinajstić information content (AvgIpc) is 2.43. The second kappa shape index (κ2) is 8.05. The highest BCUT2D eigenvalue weighted by Gasteiger charge is 2.34. The molecule has 8 heteroatoms. The van der Waals surface area contributed by atoms with E-state index in [1.807, 2.05) is 0 Å². The highest BCUT2D eigenvalue weighted by atomic mass is 19.4. The molecule has 0 saturated carbocycles. The second-order valence-corrected chi connectivity index (χ2v) is 6.75. The molecule has 1 aromatic carbocycles. The average molecular weight is 363 g/mol. The lowest BCUT2D eigenvalue weighted by Crippen LogP contribution is -2.34. The predicted molar refractivity (Wildman–Crippen MR) is 86.0 cm³/mol. The van der Waals surface area contributed by atoms with Gasteiger partial charge in [-0.1, -0.05) is 12.1 Å². The fourth-order valence-electron chi connectivity index (χ4n) is 2.28. The zero-order chi connectivity index (χ0) is 19.4. The standard InChI is InChI=1S/C17H24F3NO4/c1-10-11(6-5-7-12(10)17(18,19)20)14(23)13(22)8-9-21-15(24)25-16(2,3)4/h5-7,13-14,22-23H,8-9H2,1-4H3,(H,21,24). The topological polar surface area (TPSA) is 78.8 Å². The minimum atomic E-state index is -4.54. The van der Waals surface area contributed by atoms with Crippen molar-refractivity contribution in [3.63, 3.8) is 0 Å². The zero-order valence-corrected chi connectivity index (χ0v) is 14.6. The predicted octanol–water partition coefficient (Wildman–Crippen LogP) is 3.32. The van der Waals surface area contributed by atoms with Crippen molar-refractivity contribution in [3.05, 3.63) is 34.9 Å². The Hall–Kier alpha value is -1.80. The molecule has 0 spiro atoms. The summed E-state index contributed by atoms with van der Waals surface area (Å²) >= 11 is 0. The van der Waals surface area contributed by atoms with E-state index in [4.69, 9.17) is 4.74 Å². The Labute approximate surface area is 144 Å². The number of aliphatic hydroxyl groups excluding tert-OH is 2. The maximum absolute atomic E-state index is 12.9. The number of ether oxygens (including phenoxy) is 1. The molecule has 5 nitrogen and oxygen atoms in total. The van der Waals surface area contributed by atoms with Crippen LogP contribution in [-0.2, 0) is 10.9 Å². The van der Waals surface area contributed by atoms with E-state index < -0.39 is 35.6 Å². The summed E-state index contributed by atoms with van der Waals surface area (Å²) in [6, 6.07) is 3.43.